The average molecular weight is 241 g/mol. The van der Waals surface area contributed by atoms with Crippen LogP contribution in [0.2, 0.25) is 0 Å². The molecule has 18 heavy (non-hydrogen) atoms. The molecule has 0 amide bonds. The predicted molar refractivity (Wildman–Crippen MR) is 63.9 cm³/mol. The highest BCUT2D eigenvalue weighted by molar-refractivity contribution is 5.71. The van der Waals surface area contributed by atoms with Crippen LogP contribution >= 0.6 is 0 Å². The van der Waals surface area contributed by atoms with Crippen LogP contribution in [0.25, 0.3) is 11.1 Å². The number of pyridine rings is 1. The molecule has 1 heterocycles. The van der Waals surface area contributed by atoms with E-state index in [1.54, 1.807) is 18.2 Å². The fourth-order valence-corrected chi connectivity index (χ4v) is 1.62. The highest BCUT2D eigenvalue weighted by Crippen LogP contribution is 2.24. The van der Waals surface area contributed by atoms with Crippen LogP contribution in [0.1, 0.15) is 5.56 Å². The van der Waals surface area contributed by atoms with Gasteiger partial charge in [0.05, 0.1) is 4.92 Å². The second-order valence-electron chi connectivity index (χ2n) is 3.51. The van der Waals surface area contributed by atoms with E-state index in [0.717, 1.165) is 0 Å². The minimum absolute atomic E-state index is 0.0574. The van der Waals surface area contributed by atoms with E-state index in [0.29, 0.717) is 11.1 Å². The summed E-state index contributed by atoms with van der Waals surface area (Å²) in [6.07, 6.45) is 1.40. The average Bonchev–Trinajstić information content (AvgIpc) is 2.38. The second kappa shape index (κ2) is 4.51. The summed E-state index contributed by atoms with van der Waals surface area (Å²) in [5.41, 5.74) is 0.188. The fraction of sp³-hybridized carbons (Fsp3) is 0. The third-order valence-electron chi connectivity index (χ3n) is 2.44. The van der Waals surface area contributed by atoms with Gasteiger partial charge in [-0.05, 0) is 11.6 Å². The number of hydrogen-bond acceptors (Lipinski definition) is 4. The van der Waals surface area contributed by atoms with Crippen molar-refractivity contribution in [1.82, 2.24) is 4.98 Å². The molecule has 0 radical (unpaired) electrons. The van der Waals surface area contributed by atoms with Gasteiger partial charge in [0, 0.05) is 23.9 Å². The topological polar surface area (TPSA) is 99.8 Å². The second-order valence-corrected chi connectivity index (χ2v) is 3.51. The molecule has 0 aliphatic carbocycles. The van der Waals surface area contributed by atoms with E-state index < -0.39 is 10.5 Å². The van der Waals surface area contributed by atoms with Crippen LogP contribution < -0.4 is 5.56 Å². The Morgan fingerprint density at radius 2 is 2.11 bits per heavy atom. The summed E-state index contributed by atoms with van der Waals surface area (Å²) >= 11 is 0. The van der Waals surface area contributed by atoms with Crippen molar-refractivity contribution in [1.29, 1.82) is 5.26 Å². The zero-order valence-electron chi connectivity index (χ0n) is 9.08. The van der Waals surface area contributed by atoms with Gasteiger partial charge in [-0.1, -0.05) is 12.1 Å². The van der Waals surface area contributed by atoms with Crippen LogP contribution in [-0.4, -0.2) is 9.91 Å². The van der Waals surface area contributed by atoms with Crippen LogP contribution in [0.3, 0.4) is 0 Å². The number of aromatic nitrogens is 1. The first-order valence-electron chi connectivity index (χ1n) is 5.00. The first kappa shape index (κ1) is 11.5. The van der Waals surface area contributed by atoms with Crippen molar-refractivity contribution in [3.63, 3.8) is 0 Å². The third kappa shape index (κ3) is 1.97. The number of rotatable bonds is 2. The van der Waals surface area contributed by atoms with E-state index >= 15 is 0 Å². The number of non-ortho nitro benzene ring substituents is 1. The molecule has 0 aliphatic rings. The van der Waals surface area contributed by atoms with E-state index in [1.165, 1.54) is 24.4 Å². The van der Waals surface area contributed by atoms with Crippen molar-refractivity contribution in [2.24, 2.45) is 0 Å². The molecule has 0 saturated heterocycles. The van der Waals surface area contributed by atoms with Gasteiger partial charge in [-0.3, -0.25) is 14.9 Å². The zero-order chi connectivity index (χ0) is 13.1. The molecule has 88 valence electrons. The van der Waals surface area contributed by atoms with Gasteiger partial charge in [-0.2, -0.15) is 5.26 Å². The molecule has 0 atom stereocenters. The maximum Gasteiger partial charge on any atom is 0.270 e. The van der Waals surface area contributed by atoms with Crippen molar-refractivity contribution in [2.75, 3.05) is 0 Å². The standard InChI is InChI=1S/C12H7N3O3/c13-7-11-10(4-5-14-12(11)16)8-2-1-3-9(6-8)15(17)18/h1-6H,(H,14,16). The lowest BCUT2D eigenvalue weighted by Gasteiger charge is -2.02. The van der Waals surface area contributed by atoms with Gasteiger partial charge < -0.3 is 4.98 Å². The largest absolute Gasteiger partial charge is 0.328 e. The Bertz CT molecular complexity index is 713. The van der Waals surface area contributed by atoms with Crippen molar-refractivity contribution >= 4 is 5.69 Å². The number of nitro benzene ring substituents is 1. The summed E-state index contributed by atoms with van der Waals surface area (Å²) in [6.45, 7) is 0. The smallest absolute Gasteiger partial charge is 0.270 e. The molecule has 6 heteroatoms. The molecule has 2 aromatic rings. The molecule has 0 spiro atoms. The zero-order valence-corrected chi connectivity index (χ0v) is 9.08. The lowest BCUT2D eigenvalue weighted by atomic mass is 10.0. The van der Waals surface area contributed by atoms with Gasteiger partial charge in [0.1, 0.15) is 11.6 Å². The van der Waals surface area contributed by atoms with Crippen molar-refractivity contribution in [3.05, 3.63) is 62.6 Å². The molecule has 6 nitrogen and oxygen atoms in total. The number of nitrogens with one attached hydrogen (secondary N) is 1. The Hall–Kier alpha value is -2.94. The Kier molecular flexibility index (Phi) is 2.89. The van der Waals surface area contributed by atoms with Crippen molar-refractivity contribution in [3.8, 4) is 17.2 Å². The minimum atomic E-state index is -0.525. The molecule has 0 unspecified atom stereocenters. The van der Waals surface area contributed by atoms with E-state index in [1.807, 2.05) is 0 Å². The number of nitrogens with zero attached hydrogens (tertiary/aromatic N) is 2. The lowest BCUT2D eigenvalue weighted by Crippen LogP contribution is -2.10. The maximum atomic E-state index is 11.5. The summed E-state index contributed by atoms with van der Waals surface area (Å²) in [7, 11) is 0. The third-order valence-corrected chi connectivity index (χ3v) is 2.44. The number of H-pyrrole nitrogens is 1. The van der Waals surface area contributed by atoms with Crippen LogP contribution in [0.15, 0.2) is 41.3 Å². The molecular weight excluding hydrogens is 234 g/mol. The molecule has 1 aromatic heterocycles. The van der Waals surface area contributed by atoms with Crippen molar-refractivity contribution < 1.29 is 4.92 Å². The summed E-state index contributed by atoms with van der Waals surface area (Å²) in [6, 6.07) is 9.14. The molecule has 1 N–H and O–H groups in total. The molecule has 1 aromatic carbocycles. The first-order chi connectivity index (χ1) is 8.63. The summed E-state index contributed by atoms with van der Waals surface area (Å²) < 4.78 is 0. The molecule has 0 fully saturated rings. The van der Waals surface area contributed by atoms with Gasteiger partial charge in [-0.25, -0.2) is 0 Å². The molecular formula is C12H7N3O3. The Balaban J connectivity index is 2.67. The number of hydrogen-bond donors (Lipinski definition) is 1. The Morgan fingerprint density at radius 3 is 2.78 bits per heavy atom. The number of aromatic amines is 1. The van der Waals surface area contributed by atoms with E-state index in [2.05, 4.69) is 4.98 Å². The Morgan fingerprint density at radius 1 is 1.33 bits per heavy atom. The van der Waals surface area contributed by atoms with Gasteiger partial charge in [0.2, 0.25) is 0 Å². The van der Waals surface area contributed by atoms with Gasteiger partial charge in [0.15, 0.2) is 0 Å². The van der Waals surface area contributed by atoms with E-state index in [-0.39, 0.29) is 11.3 Å². The number of benzene rings is 1. The molecule has 2 rings (SSSR count). The van der Waals surface area contributed by atoms with Crippen LogP contribution in [0, 0.1) is 21.4 Å². The van der Waals surface area contributed by atoms with Gasteiger partial charge in [0.25, 0.3) is 11.2 Å². The highest BCUT2D eigenvalue weighted by Gasteiger charge is 2.11. The van der Waals surface area contributed by atoms with Crippen molar-refractivity contribution in [2.45, 2.75) is 0 Å². The molecule has 0 aliphatic heterocycles. The lowest BCUT2D eigenvalue weighted by molar-refractivity contribution is -0.384. The Labute approximate surface area is 101 Å². The first-order valence-corrected chi connectivity index (χ1v) is 5.00. The van der Waals surface area contributed by atoms with Crippen LogP contribution in [-0.2, 0) is 0 Å². The van der Waals surface area contributed by atoms with Gasteiger partial charge in [-0.15, -0.1) is 0 Å². The minimum Gasteiger partial charge on any atom is -0.328 e. The molecule has 0 bridgehead atoms. The number of nitro groups is 1. The summed E-state index contributed by atoms with van der Waals surface area (Å²) in [5.74, 6) is 0. The predicted octanol–water partition coefficient (Wildman–Crippen LogP) is 1.82. The SMILES string of the molecule is N#Cc1c(-c2cccc([N+](=O)[O-])c2)cc[nH]c1=O. The van der Waals surface area contributed by atoms with Gasteiger partial charge >= 0.3 is 0 Å². The molecule has 0 saturated carbocycles. The number of nitriles is 1. The van der Waals surface area contributed by atoms with Crippen LogP contribution in [0.4, 0.5) is 5.69 Å². The maximum absolute atomic E-state index is 11.5. The highest BCUT2D eigenvalue weighted by atomic mass is 16.6. The summed E-state index contributed by atoms with van der Waals surface area (Å²) in [5, 5.41) is 19.6. The quantitative estimate of drug-likeness (QED) is 0.640. The normalized spacial score (nSPS) is 9.72. The fourth-order valence-electron chi connectivity index (χ4n) is 1.62. The van der Waals surface area contributed by atoms with E-state index in [9.17, 15) is 14.9 Å². The summed E-state index contributed by atoms with van der Waals surface area (Å²) in [4.78, 5) is 24.0. The van der Waals surface area contributed by atoms with Crippen LogP contribution in [0.5, 0.6) is 0 Å². The monoisotopic (exact) mass is 241 g/mol. The van der Waals surface area contributed by atoms with E-state index in [4.69, 9.17) is 5.26 Å².